The molecule has 0 bridgehead atoms. The van der Waals surface area contributed by atoms with Crippen molar-refractivity contribution < 1.29 is 23.0 Å². The second-order valence-electron chi connectivity index (χ2n) is 5.26. The smallest absolute Gasteiger partial charge is 0.254 e. The van der Waals surface area contributed by atoms with Crippen molar-refractivity contribution in [1.82, 2.24) is 5.32 Å². The Morgan fingerprint density at radius 2 is 1.96 bits per heavy atom. The zero-order chi connectivity index (χ0) is 17.1. The van der Waals surface area contributed by atoms with E-state index < -0.39 is 17.5 Å². The van der Waals surface area contributed by atoms with Gasteiger partial charge in [0.15, 0.2) is 11.5 Å². The third-order valence-corrected chi connectivity index (χ3v) is 3.77. The van der Waals surface area contributed by atoms with Crippen molar-refractivity contribution in [1.29, 1.82) is 0 Å². The summed E-state index contributed by atoms with van der Waals surface area (Å²) in [6.45, 7) is 1.15. The highest BCUT2D eigenvalue weighted by Gasteiger charge is 2.17. The van der Waals surface area contributed by atoms with E-state index in [0.717, 1.165) is 18.6 Å². The van der Waals surface area contributed by atoms with Crippen molar-refractivity contribution in [3.63, 3.8) is 0 Å². The molecule has 0 unspecified atom stereocenters. The van der Waals surface area contributed by atoms with Crippen LogP contribution >= 0.6 is 11.6 Å². The molecule has 24 heavy (non-hydrogen) atoms. The fourth-order valence-corrected chi connectivity index (χ4v) is 2.63. The number of nitrogens with one attached hydrogen (secondary N) is 1. The summed E-state index contributed by atoms with van der Waals surface area (Å²) in [6, 6.07) is 6.16. The second kappa shape index (κ2) is 7.05. The van der Waals surface area contributed by atoms with Gasteiger partial charge in [-0.3, -0.25) is 4.79 Å². The van der Waals surface area contributed by atoms with E-state index >= 15 is 0 Å². The molecule has 3 rings (SSSR count). The van der Waals surface area contributed by atoms with Crippen LogP contribution in [0.3, 0.4) is 0 Å². The van der Waals surface area contributed by atoms with Crippen LogP contribution in [0.25, 0.3) is 0 Å². The van der Waals surface area contributed by atoms with Gasteiger partial charge in [0, 0.05) is 19.0 Å². The van der Waals surface area contributed by atoms with Crippen LogP contribution in [0.1, 0.15) is 22.3 Å². The number of hydrogen-bond acceptors (Lipinski definition) is 3. The summed E-state index contributed by atoms with van der Waals surface area (Å²) in [5.41, 5.74) is 0.456. The van der Waals surface area contributed by atoms with E-state index in [1.165, 1.54) is 0 Å². The lowest BCUT2D eigenvalue weighted by Gasteiger charge is -2.12. The van der Waals surface area contributed by atoms with Gasteiger partial charge in [-0.15, -0.1) is 0 Å². The summed E-state index contributed by atoms with van der Waals surface area (Å²) in [6.07, 6.45) is 0.751. The first kappa shape index (κ1) is 16.5. The van der Waals surface area contributed by atoms with Crippen LogP contribution in [0.5, 0.6) is 11.5 Å². The molecule has 0 aliphatic carbocycles. The Hall–Kier alpha value is -2.34. The van der Waals surface area contributed by atoms with Crippen molar-refractivity contribution in [2.75, 3.05) is 13.2 Å². The second-order valence-corrected chi connectivity index (χ2v) is 5.67. The fourth-order valence-electron chi connectivity index (χ4n) is 2.34. The molecule has 0 radical (unpaired) electrons. The molecule has 2 aromatic rings. The molecular weight excluding hydrogens is 340 g/mol. The molecule has 7 heteroatoms. The van der Waals surface area contributed by atoms with Gasteiger partial charge in [-0.05, 0) is 29.8 Å². The van der Waals surface area contributed by atoms with Crippen LogP contribution in [0.2, 0.25) is 5.02 Å². The van der Waals surface area contributed by atoms with Crippen molar-refractivity contribution in [3.05, 3.63) is 58.1 Å². The van der Waals surface area contributed by atoms with Crippen LogP contribution in [0.15, 0.2) is 30.3 Å². The molecule has 1 heterocycles. The van der Waals surface area contributed by atoms with Crippen LogP contribution in [-0.4, -0.2) is 19.1 Å². The van der Waals surface area contributed by atoms with E-state index in [-0.39, 0.29) is 12.1 Å². The van der Waals surface area contributed by atoms with Gasteiger partial charge in [0.1, 0.15) is 11.6 Å². The summed E-state index contributed by atoms with van der Waals surface area (Å²) >= 11 is 6.18. The highest BCUT2D eigenvalue weighted by molar-refractivity contribution is 6.32. The van der Waals surface area contributed by atoms with E-state index in [2.05, 4.69) is 5.32 Å². The van der Waals surface area contributed by atoms with Crippen molar-refractivity contribution in [3.8, 4) is 11.5 Å². The molecular formula is C17H14ClF2NO3. The average molecular weight is 354 g/mol. The van der Waals surface area contributed by atoms with Gasteiger partial charge >= 0.3 is 0 Å². The summed E-state index contributed by atoms with van der Waals surface area (Å²) in [7, 11) is 0. The number of halogens is 3. The first-order chi connectivity index (χ1) is 11.5. The van der Waals surface area contributed by atoms with Gasteiger partial charge < -0.3 is 14.8 Å². The van der Waals surface area contributed by atoms with Crippen molar-refractivity contribution >= 4 is 17.5 Å². The van der Waals surface area contributed by atoms with Gasteiger partial charge in [0.05, 0.1) is 23.8 Å². The summed E-state index contributed by atoms with van der Waals surface area (Å²) in [4.78, 5) is 12.0. The predicted octanol–water partition coefficient (Wildman–Crippen LogP) is 3.71. The number of carbonyl (C=O) groups is 1. The SMILES string of the molecule is O=C(NCc1cc(Cl)c2c(c1)OCCCO2)c1ccc(F)cc1F. The van der Waals surface area contributed by atoms with Gasteiger partial charge in [-0.25, -0.2) is 8.78 Å². The first-order valence-corrected chi connectivity index (χ1v) is 7.73. The van der Waals surface area contributed by atoms with Gasteiger partial charge in [0.25, 0.3) is 5.91 Å². The summed E-state index contributed by atoms with van der Waals surface area (Å²) in [5.74, 6) is -1.30. The number of amides is 1. The Morgan fingerprint density at radius 3 is 2.75 bits per heavy atom. The zero-order valence-electron chi connectivity index (χ0n) is 12.6. The standard InChI is InChI=1S/C17H14ClF2NO3/c18-13-6-10(7-15-16(13)24-5-1-4-23-15)9-21-17(22)12-3-2-11(19)8-14(12)20/h2-3,6-8H,1,4-5,9H2,(H,21,22). The van der Waals surface area contributed by atoms with Crippen molar-refractivity contribution in [2.45, 2.75) is 13.0 Å². The highest BCUT2D eigenvalue weighted by Crippen LogP contribution is 2.37. The molecule has 2 aromatic carbocycles. The average Bonchev–Trinajstić information content (AvgIpc) is 2.78. The topological polar surface area (TPSA) is 47.6 Å². The minimum atomic E-state index is -0.913. The van der Waals surface area contributed by atoms with Crippen LogP contribution < -0.4 is 14.8 Å². The van der Waals surface area contributed by atoms with Gasteiger partial charge in [0.2, 0.25) is 0 Å². The minimum Gasteiger partial charge on any atom is -0.489 e. The maximum absolute atomic E-state index is 13.6. The lowest BCUT2D eigenvalue weighted by Crippen LogP contribution is -2.24. The largest absolute Gasteiger partial charge is 0.489 e. The summed E-state index contributed by atoms with van der Waals surface area (Å²) < 4.78 is 37.6. The maximum atomic E-state index is 13.6. The molecule has 0 saturated heterocycles. The molecule has 126 valence electrons. The third kappa shape index (κ3) is 3.59. The van der Waals surface area contributed by atoms with Crippen LogP contribution in [0.4, 0.5) is 8.78 Å². The number of ether oxygens (including phenoxy) is 2. The Balaban J connectivity index is 1.73. The van der Waals surface area contributed by atoms with Crippen LogP contribution in [-0.2, 0) is 6.54 Å². The quantitative estimate of drug-likeness (QED) is 0.915. The monoisotopic (exact) mass is 353 g/mol. The molecule has 1 aliphatic heterocycles. The zero-order valence-corrected chi connectivity index (χ0v) is 13.3. The Kier molecular flexibility index (Phi) is 4.85. The van der Waals surface area contributed by atoms with E-state index in [9.17, 15) is 13.6 Å². The third-order valence-electron chi connectivity index (χ3n) is 3.49. The molecule has 0 atom stereocenters. The van der Waals surface area contributed by atoms with E-state index in [1.54, 1.807) is 12.1 Å². The van der Waals surface area contributed by atoms with Crippen LogP contribution in [0, 0.1) is 11.6 Å². The molecule has 1 amide bonds. The highest BCUT2D eigenvalue weighted by atomic mass is 35.5. The predicted molar refractivity (Wildman–Crippen MR) is 84.6 cm³/mol. The normalized spacial score (nSPS) is 13.3. The molecule has 0 spiro atoms. The molecule has 0 fully saturated rings. The minimum absolute atomic E-state index is 0.117. The number of benzene rings is 2. The Bertz CT molecular complexity index is 783. The molecule has 1 aliphatic rings. The number of carbonyl (C=O) groups excluding carboxylic acids is 1. The lowest BCUT2D eigenvalue weighted by atomic mass is 10.1. The fraction of sp³-hybridized carbons (Fsp3) is 0.235. The van der Waals surface area contributed by atoms with E-state index in [4.69, 9.17) is 21.1 Å². The number of rotatable bonds is 3. The molecule has 1 N–H and O–H groups in total. The molecule has 0 saturated carbocycles. The molecule has 4 nitrogen and oxygen atoms in total. The maximum Gasteiger partial charge on any atom is 0.254 e. The van der Waals surface area contributed by atoms with E-state index in [0.29, 0.717) is 41.4 Å². The number of fused-ring (bicyclic) bond motifs is 1. The lowest BCUT2D eigenvalue weighted by molar-refractivity contribution is 0.0946. The Labute approximate surface area is 142 Å². The van der Waals surface area contributed by atoms with E-state index in [1.807, 2.05) is 0 Å². The molecule has 0 aromatic heterocycles. The van der Waals surface area contributed by atoms with Gasteiger partial charge in [-0.1, -0.05) is 11.6 Å². The Morgan fingerprint density at radius 1 is 1.17 bits per heavy atom. The first-order valence-electron chi connectivity index (χ1n) is 7.36. The van der Waals surface area contributed by atoms with Gasteiger partial charge in [-0.2, -0.15) is 0 Å². The van der Waals surface area contributed by atoms with Crippen molar-refractivity contribution in [2.24, 2.45) is 0 Å². The number of hydrogen-bond donors (Lipinski definition) is 1. The summed E-state index contributed by atoms with van der Waals surface area (Å²) in [5, 5.41) is 2.95.